The van der Waals surface area contributed by atoms with Crippen LogP contribution in [0.4, 0.5) is 0 Å². The van der Waals surface area contributed by atoms with Gasteiger partial charge in [-0.25, -0.2) is 4.79 Å². The van der Waals surface area contributed by atoms with Gasteiger partial charge < -0.3 is 10.1 Å². The molecule has 0 bridgehead atoms. The number of methoxy groups -OCH3 is 1. The molecule has 20 heavy (non-hydrogen) atoms. The van der Waals surface area contributed by atoms with Crippen LogP contribution in [0.3, 0.4) is 0 Å². The van der Waals surface area contributed by atoms with Crippen LogP contribution in [-0.4, -0.2) is 25.0 Å². The number of rotatable bonds is 6. The summed E-state index contributed by atoms with van der Waals surface area (Å²) in [6, 6.07) is 6.63. The van der Waals surface area contributed by atoms with Gasteiger partial charge >= 0.3 is 5.97 Å². The molecule has 0 fully saturated rings. The first-order valence-electron chi connectivity index (χ1n) is 6.57. The summed E-state index contributed by atoms with van der Waals surface area (Å²) in [5, 5.41) is 3.49. The number of esters is 1. The molecule has 2 atom stereocenters. The fraction of sp³-hybridized carbons (Fsp3) is 0.467. The van der Waals surface area contributed by atoms with E-state index >= 15 is 0 Å². The highest BCUT2D eigenvalue weighted by Crippen LogP contribution is 2.12. The molecule has 0 saturated carbocycles. The molecule has 0 aliphatic carbocycles. The van der Waals surface area contributed by atoms with Gasteiger partial charge in [-0.15, -0.1) is 0 Å². The van der Waals surface area contributed by atoms with E-state index in [1.165, 1.54) is 7.11 Å². The standard InChI is InChI=1S/C15H20BrNO3/c1-4-10(2)13(15(19)20-3)17-14(18)12-7-5-11(9-16)6-8-12/h5-8,10,13H,4,9H2,1-3H3,(H,17,18). The third-order valence-electron chi connectivity index (χ3n) is 3.33. The average Bonchev–Trinajstić information content (AvgIpc) is 2.50. The maximum Gasteiger partial charge on any atom is 0.328 e. The first kappa shape index (κ1) is 16.7. The summed E-state index contributed by atoms with van der Waals surface area (Å²) in [6.45, 7) is 3.88. The summed E-state index contributed by atoms with van der Waals surface area (Å²) < 4.78 is 4.75. The first-order chi connectivity index (χ1) is 9.53. The monoisotopic (exact) mass is 341 g/mol. The largest absolute Gasteiger partial charge is 0.467 e. The van der Waals surface area contributed by atoms with E-state index < -0.39 is 12.0 Å². The molecule has 0 heterocycles. The fourth-order valence-corrected chi connectivity index (χ4v) is 2.14. The molecule has 4 nitrogen and oxygen atoms in total. The van der Waals surface area contributed by atoms with Crippen LogP contribution in [0.5, 0.6) is 0 Å². The van der Waals surface area contributed by atoms with E-state index in [4.69, 9.17) is 4.74 Å². The SMILES string of the molecule is CCC(C)C(NC(=O)c1ccc(CBr)cc1)C(=O)OC. The van der Waals surface area contributed by atoms with Gasteiger partial charge in [0.1, 0.15) is 6.04 Å². The number of halogens is 1. The molecular weight excluding hydrogens is 322 g/mol. The number of hydrogen-bond acceptors (Lipinski definition) is 3. The molecule has 1 aromatic carbocycles. The Morgan fingerprint density at radius 2 is 1.90 bits per heavy atom. The molecule has 5 heteroatoms. The van der Waals surface area contributed by atoms with Gasteiger partial charge in [0, 0.05) is 10.9 Å². The van der Waals surface area contributed by atoms with Crippen LogP contribution in [-0.2, 0) is 14.9 Å². The smallest absolute Gasteiger partial charge is 0.328 e. The third kappa shape index (κ3) is 4.34. The second-order valence-corrected chi connectivity index (χ2v) is 5.25. The van der Waals surface area contributed by atoms with Crippen molar-refractivity contribution in [3.63, 3.8) is 0 Å². The zero-order chi connectivity index (χ0) is 15.1. The Kier molecular flexibility index (Phi) is 6.71. The molecule has 1 aromatic rings. The van der Waals surface area contributed by atoms with Crippen LogP contribution in [0.25, 0.3) is 0 Å². The lowest BCUT2D eigenvalue weighted by Crippen LogP contribution is -2.45. The Labute approximate surface area is 128 Å². The number of carbonyl (C=O) groups is 2. The van der Waals surface area contributed by atoms with Crippen LogP contribution in [0.1, 0.15) is 36.2 Å². The lowest BCUT2D eigenvalue weighted by molar-refractivity contribution is -0.144. The quantitative estimate of drug-likeness (QED) is 0.639. The van der Waals surface area contributed by atoms with E-state index in [9.17, 15) is 9.59 Å². The minimum atomic E-state index is -0.617. The second-order valence-electron chi connectivity index (χ2n) is 4.69. The highest BCUT2D eigenvalue weighted by Gasteiger charge is 2.26. The average molecular weight is 342 g/mol. The van der Waals surface area contributed by atoms with Crippen LogP contribution >= 0.6 is 15.9 Å². The van der Waals surface area contributed by atoms with E-state index in [1.54, 1.807) is 12.1 Å². The molecule has 0 spiro atoms. The summed E-state index contributed by atoms with van der Waals surface area (Å²) in [7, 11) is 1.33. The second kappa shape index (κ2) is 8.04. The van der Waals surface area contributed by atoms with Crippen molar-refractivity contribution in [1.82, 2.24) is 5.32 Å². The van der Waals surface area contributed by atoms with Gasteiger partial charge in [0.15, 0.2) is 0 Å². The Morgan fingerprint density at radius 3 is 2.35 bits per heavy atom. The van der Waals surface area contributed by atoms with E-state index in [0.717, 1.165) is 17.3 Å². The maximum atomic E-state index is 12.2. The Hall–Kier alpha value is -1.36. The molecule has 0 aliphatic rings. The molecule has 1 N–H and O–H groups in total. The summed E-state index contributed by atoms with van der Waals surface area (Å²) in [6.07, 6.45) is 0.780. The summed E-state index contributed by atoms with van der Waals surface area (Å²) in [5.41, 5.74) is 1.62. The topological polar surface area (TPSA) is 55.4 Å². The van der Waals surface area contributed by atoms with Crippen molar-refractivity contribution in [2.24, 2.45) is 5.92 Å². The zero-order valence-corrected chi connectivity index (χ0v) is 13.6. The zero-order valence-electron chi connectivity index (χ0n) is 12.0. The molecule has 0 saturated heterocycles. The van der Waals surface area contributed by atoms with Gasteiger partial charge in [-0.1, -0.05) is 48.3 Å². The van der Waals surface area contributed by atoms with Crippen molar-refractivity contribution in [2.75, 3.05) is 7.11 Å². The molecule has 2 unspecified atom stereocenters. The number of benzene rings is 1. The van der Waals surface area contributed by atoms with E-state index in [0.29, 0.717) is 5.56 Å². The van der Waals surface area contributed by atoms with E-state index in [2.05, 4.69) is 21.2 Å². The molecule has 0 radical (unpaired) electrons. The minimum absolute atomic E-state index is 0.0215. The molecular formula is C15H20BrNO3. The van der Waals surface area contributed by atoms with Crippen molar-refractivity contribution in [2.45, 2.75) is 31.6 Å². The minimum Gasteiger partial charge on any atom is -0.467 e. The Morgan fingerprint density at radius 1 is 1.30 bits per heavy atom. The van der Waals surface area contributed by atoms with Gasteiger partial charge in [-0.3, -0.25) is 4.79 Å². The first-order valence-corrected chi connectivity index (χ1v) is 7.69. The van der Waals surface area contributed by atoms with Gasteiger partial charge in [0.25, 0.3) is 5.91 Å². The highest BCUT2D eigenvalue weighted by molar-refractivity contribution is 9.08. The van der Waals surface area contributed by atoms with Crippen molar-refractivity contribution < 1.29 is 14.3 Å². The van der Waals surface area contributed by atoms with Crippen molar-refractivity contribution in [3.8, 4) is 0 Å². The van der Waals surface area contributed by atoms with E-state index in [-0.39, 0.29) is 11.8 Å². The number of nitrogens with one attached hydrogen (secondary N) is 1. The lowest BCUT2D eigenvalue weighted by atomic mass is 9.98. The number of carbonyl (C=O) groups excluding carboxylic acids is 2. The molecule has 110 valence electrons. The van der Waals surface area contributed by atoms with Gasteiger partial charge in [0.2, 0.25) is 0 Å². The molecule has 1 amide bonds. The number of alkyl halides is 1. The Balaban J connectivity index is 2.81. The number of amides is 1. The lowest BCUT2D eigenvalue weighted by Gasteiger charge is -2.21. The van der Waals surface area contributed by atoms with Gasteiger partial charge in [-0.2, -0.15) is 0 Å². The highest BCUT2D eigenvalue weighted by atomic mass is 79.9. The third-order valence-corrected chi connectivity index (χ3v) is 3.97. The maximum absolute atomic E-state index is 12.2. The number of hydrogen-bond donors (Lipinski definition) is 1. The van der Waals surface area contributed by atoms with Crippen LogP contribution in [0.2, 0.25) is 0 Å². The Bertz CT molecular complexity index is 459. The molecule has 0 aromatic heterocycles. The van der Waals surface area contributed by atoms with Crippen molar-refractivity contribution in [1.29, 1.82) is 0 Å². The van der Waals surface area contributed by atoms with Crippen molar-refractivity contribution in [3.05, 3.63) is 35.4 Å². The van der Waals surface area contributed by atoms with Gasteiger partial charge in [0.05, 0.1) is 7.11 Å². The fourth-order valence-electron chi connectivity index (χ4n) is 1.77. The molecule has 0 aliphatic heterocycles. The van der Waals surface area contributed by atoms with Gasteiger partial charge in [-0.05, 0) is 23.6 Å². The summed E-state index contributed by atoms with van der Waals surface area (Å²) in [4.78, 5) is 23.9. The van der Waals surface area contributed by atoms with Crippen LogP contribution in [0.15, 0.2) is 24.3 Å². The van der Waals surface area contributed by atoms with Crippen LogP contribution in [0, 0.1) is 5.92 Å². The predicted molar refractivity (Wildman–Crippen MR) is 81.8 cm³/mol. The van der Waals surface area contributed by atoms with Crippen LogP contribution < -0.4 is 5.32 Å². The molecule has 1 rings (SSSR count). The van der Waals surface area contributed by atoms with Crippen molar-refractivity contribution >= 4 is 27.8 Å². The predicted octanol–water partition coefficient (Wildman–Crippen LogP) is 2.90. The van der Waals surface area contributed by atoms with E-state index in [1.807, 2.05) is 26.0 Å². The number of ether oxygens (including phenoxy) is 1. The summed E-state index contributed by atoms with van der Waals surface area (Å²) >= 11 is 3.35. The normalized spacial score (nSPS) is 13.4. The summed E-state index contributed by atoms with van der Waals surface area (Å²) in [5.74, 6) is -0.653.